The number of unbranched alkanes of at least 4 members (excludes halogenated alkanes) is 1. The summed E-state index contributed by atoms with van der Waals surface area (Å²) >= 11 is 0. The third kappa shape index (κ3) is 4.36. The molecular formula is C20H38N2. The van der Waals surface area contributed by atoms with E-state index in [1.165, 1.54) is 49.3 Å². The van der Waals surface area contributed by atoms with Gasteiger partial charge in [0, 0.05) is 16.5 Å². The van der Waals surface area contributed by atoms with E-state index in [2.05, 4.69) is 60.4 Å². The second kappa shape index (κ2) is 7.66. The Balaban J connectivity index is 3.26. The summed E-state index contributed by atoms with van der Waals surface area (Å²) in [6, 6.07) is 0. The average molecular weight is 307 g/mol. The van der Waals surface area contributed by atoms with Gasteiger partial charge in [-0.25, -0.2) is 4.98 Å². The van der Waals surface area contributed by atoms with Gasteiger partial charge in [-0.3, -0.25) is 0 Å². The van der Waals surface area contributed by atoms with Crippen molar-refractivity contribution in [1.82, 2.24) is 9.97 Å². The summed E-state index contributed by atoms with van der Waals surface area (Å²) in [6.07, 6.45) is 7.27. The fourth-order valence-electron chi connectivity index (χ4n) is 3.26. The molecule has 0 aliphatic carbocycles. The quantitative estimate of drug-likeness (QED) is 0.556. The Kier molecular flexibility index (Phi) is 6.70. The Morgan fingerprint density at radius 2 is 1.59 bits per heavy atom. The molecule has 128 valence electrons. The normalized spacial score (nSPS) is 14.4. The van der Waals surface area contributed by atoms with Crippen LogP contribution in [0.3, 0.4) is 0 Å². The van der Waals surface area contributed by atoms with Crippen LogP contribution in [0.15, 0.2) is 0 Å². The number of H-pyrrole nitrogens is 1. The number of nitrogens with one attached hydrogen (secondary N) is 1. The average Bonchev–Trinajstić information content (AvgIpc) is 2.91. The molecule has 0 aromatic carbocycles. The summed E-state index contributed by atoms with van der Waals surface area (Å²) in [5, 5.41) is 0. The lowest BCUT2D eigenvalue weighted by molar-refractivity contribution is 0.426. The van der Waals surface area contributed by atoms with Crippen LogP contribution in [-0.2, 0) is 10.8 Å². The number of aromatic amines is 1. The Labute approximate surface area is 138 Å². The van der Waals surface area contributed by atoms with Crippen LogP contribution >= 0.6 is 0 Å². The lowest BCUT2D eigenvalue weighted by Gasteiger charge is -2.26. The minimum Gasteiger partial charge on any atom is -0.345 e. The van der Waals surface area contributed by atoms with Gasteiger partial charge in [0.2, 0.25) is 0 Å². The van der Waals surface area contributed by atoms with Crippen LogP contribution < -0.4 is 0 Å². The molecule has 1 atom stereocenters. The zero-order valence-electron chi connectivity index (χ0n) is 16.3. The van der Waals surface area contributed by atoms with Gasteiger partial charge in [0.05, 0.1) is 5.69 Å². The van der Waals surface area contributed by atoms with Crippen LogP contribution in [0.2, 0.25) is 0 Å². The Morgan fingerprint density at radius 3 is 2.09 bits per heavy atom. The first-order valence-corrected chi connectivity index (χ1v) is 9.30. The van der Waals surface area contributed by atoms with Gasteiger partial charge in [-0.05, 0) is 25.2 Å². The monoisotopic (exact) mass is 306 g/mol. The highest BCUT2D eigenvalue weighted by Crippen LogP contribution is 2.37. The fraction of sp³-hybridized carbons (Fsp3) is 0.850. The van der Waals surface area contributed by atoms with Crippen molar-refractivity contribution in [1.29, 1.82) is 0 Å². The van der Waals surface area contributed by atoms with Crippen molar-refractivity contribution in [2.75, 3.05) is 0 Å². The molecule has 0 amide bonds. The van der Waals surface area contributed by atoms with Crippen LogP contribution in [0.1, 0.15) is 117 Å². The number of imidazole rings is 1. The molecule has 1 aromatic heterocycles. The molecule has 0 bridgehead atoms. The second-order valence-corrected chi connectivity index (χ2v) is 8.28. The summed E-state index contributed by atoms with van der Waals surface area (Å²) in [5.74, 6) is 1.72. The van der Waals surface area contributed by atoms with Gasteiger partial charge in [-0.2, -0.15) is 0 Å². The molecule has 0 aliphatic heterocycles. The van der Waals surface area contributed by atoms with E-state index in [1.54, 1.807) is 0 Å². The molecule has 1 aromatic rings. The van der Waals surface area contributed by atoms with Gasteiger partial charge in [0.1, 0.15) is 5.82 Å². The molecule has 0 radical (unpaired) electrons. The van der Waals surface area contributed by atoms with Crippen LogP contribution in [0.4, 0.5) is 0 Å². The molecule has 0 saturated heterocycles. The first-order valence-electron chi connectivity index (χ1n) is 9.30. The molecule has 0 saturated carbocycles. The molecule has 0 fully saturated rings. The van der Waals surface area contributed by atoms with E-state index in [1.807, 2.05) is 0 Å². The molecule has 0 spiro atoms. The van der Waals surface area contributed by atoms with Crippen LogP contribution in [0.25, 0.3) is 0 Å². The molecule has 22 heavy (non-hydrogen) atoms. The zero-order chi connectivity index (χ0) is 17.0. The zero-order valence-corrected chi connectivity index (χ0v) is 16.3. The number of aromatic nitrogens is 2. The smallest absolute Gasteiger partial charge is 0.112 e. The molecule has 2 heteroatoms. The van der Waals surface area contributed by atoms with Gasteiger partial charge in [-0.1, -0.05) is 74.7 Å². The summed E-state index contributed by atoms with van der Waals surface area (Å²) in [4.78, 5) is 8.86. The summed E-state index contributed by atoms with van der Waals surface area (Å²) < 4.78 is 0. The summed E-state index contributed by atoms with van der Waals surface area (Å²) in [7, 11) is 0. The van der Waals surface area contributed by atoms with E-state index in [4.69, 9.17) is 4.98 Å². The van der Waals surface area contributed by atoms with Crippen molar-refractivity contribution in [3.63, 3.8) is 0 Å². The predicted molar refractivity (Wildman–Crippen MR) is 97.8 cm³/mol. The topological polar surface area (TPSA) is 28.7 Å². The van der Waals surface area contributed by atoms with Crippen LogP contribution in [-0.4, -0.2) is 9.97 Å². The van der Waals surface area contributed by atoms with Crippen molar-refractivity contribution < 1.29 is 0 Å². The van der Waals surface area contributed by atoms with Crippen molar-refractivity contribution in [2.45, 2.75) is 111 Å². The molecule has 1 rings (SSSR count). The Morgan fingerprint density at radius 1 is 0.955 bits per heavy atom. The van der Waals surface area contributed by atoms with Crippen LogP contribution in [0.5, 0.6) is 0 Å². The third-order valence-corrected chi connectivity index (χ3v) is 5.16. The van der Waals surface area contributed by atoms with E-state index in [0.29, 0.717) is 5.92 Å². The van der Waals surface area contributed by atoms with Crippen LogP contribution in [0, 0.1) is 0 Å². The van der Waals surface area contributed by atoms with Crippen molar-refractivity contribution in [3.05, 3.63) is 17.2 Å². The largest absolute Gasteiger partial charge is 0.345 e. The number of nitrogens with zero attached hydrogens (tertiary/aromatic N) is 1. The Hall–Kier alpha value is -0.790. The SMILES string of the molecule is CCCCC(C)(C)c1nc(C(C)CC)c(C(C)(C)CCC)[nH]1. The third-order valence-electron chi connectivity index (χ3n) is 5.16. The van der Waals surface area contributed by atoms with Gasteiger partial charge < -0.3 is 4.98 Å². The fourth-order valence-corrected chi connectivity index (χ4v) is 3.26. The molecule has 2 nitrogen and oxygen atoms in total. The van der Waals surface area contributed by atoms with Gasteiger partial charge in [0.15, 0.2) is 0 Å². The highest BCUT2D eigenvalue weighted by molar-refractivity contribution is 5.28. The lowest BCUT2D eigenvalue weighted by atomic mass is 9.81. The van der Waals surface area contributed by atoms with Gasteiger partial charge in [0.25, 0.3) is 0 Å². The number of rotatable bonds is 9. The first kappa shape index (κ1) is 19.3. The van der Waals surface area contributed by atoms with Crippen molar-refractivity contribution in [3.8, 4) is 0 Å². The Bertz CT molecular complexity index is 454. The standard InChI is InChI=1S/C20H38N2/c1-9-12-14-20(7,8)18-21-16(15(4)11-3)17(22-18)19(5,6)13-10-2/h15H,9-14H2,1-8H3,(H,21,22). The summed E-state index contributed by atoms with van der Waals surface area (Å²) in [5.41, 5.74) is 3.00. The van der Waals surface area contributed by atoms with E-state index in [0.717, 1.165) is 6.42 Å². The highest BCUT2D eigenvalue weighted by atomic mass is 15.0. The minimum absolute atomic E-state index is 0.138. The molecule has 0 aliphatic rings. The lowest BCUT2D eigenvalue weighted by Crippen LogP contribution is -2.21. The van der Waals surface area contributed by atoms with Crippen molar-refractivity contribution >= 4 is 0 Å². The summed E-state index contributed by atoms with van der Waals surface area (Å²) in [6.45, 7) is 18.5. The van der Waals surface area contributed by atoms with E-state index < -0.39 is 0 Å². The molecule has 1 heterocycles. The highest BCUT2D eigenvalue weighted by Gasteiger charge is 2.32. The second-order valence-electron chi connectivity index (χ2n) is 8.28. The number of hydrogen-bond acceptors (Lipinski definition) is 1. The maximum atomic E-state index is 5.10. The van der Waals surface area contributed by atoms with Gasteiger partial charge in [-0.15, -0.1) is 0 Å². The van der Waals surface area contributed by atoms with E-state index in [9.17, 15) is 0 Å². The molecule has 1 unspecified atom stereocenters. The predicted octanol–water partition coefficient (Wildman–Crippen LogP) is 6.47. The molecule has 1 N–H and O–H groups in total. The number of hydrogen-bond donors (Lipinski definition) is 1. The van der Waals surface area contributed by atoms with Crippen molar-refractivity contribution in [2.24, 2.45) is 0 Å². The maximum Gasteiger partial charge on any atom is 0.112 e. The van der Waals surface area contributed by atoms with Gasteiger partial charge >= 0.3 is 0 Å². The molecular weight excluding hydrogens is 268 g/mol. The minimum atomic E-state index is 0.138. The maximum absolute atomic E-state index is 5.10. The van der Waals surface area contributed by atoms with E-state index in [-0.39, 0.29) is 10.8 Å². The van der Waals surface area contributed by atoms with E-state index >= 15 is 0 Å². The first-order chi connectivity index (χ1) is 10.2.